The van der Waals surface area contributed by atoms with Crippen LogP contribution in [-0.2, 0) is 23.7 Å². The fourth-order valence-electron chi connectivity index (χ4n) is 5.50. The summed E-state index contributed by atoms with van der Waals surface area (Å²) in [6, 6.07) is -3.92. The van der Waals surface area contributed by atoms with Crippen molar-refractivity contribution in [2.45, 2.75) is 90.8 Å². The quantitative estimate of drug-likeness (QED) is 0.141. The van der Waals surface area contributed by atoms with Crippen molar-refractivity contribution in [2.24, 2.45) is 17.2 Å². The summed E-state index contributed by atoms with van der Waals surface area (Å²) in [6.45, 7) is -2.02. The van der Waals surface area contributed by atoms with Gasteiger partial charge in [-0.05, 0) is 0 Å². The number of nitrogens with two attached hydrogens (primary N) is 3. The molecular formula is C18H32N4O13. The van der Waals surface area contributed by atoms with Gasteiger partial charge in [0.15, 0.2) is 30.3 Å². The molecule has 6 rings (SSSR count). The van der Waals surface area contributed by atoms with Gasteiger partial charge in [0.25, 0.3) is 0 Å². The highest BCUT2D eigenvalue weighted by atomic mass is 16.8. The number of hydrogen-bond donors (Lipinski definition) is 11. The average molecular weight is 512 g/mol. The predicted molar refractivity (Wildman–Crippen MR) is 106 cm³/mol. The van der Waals surface area contributed by atoms with Gasteiger partial charge in [-0.1, -0.05) is 0 Å². The maximum atomic E-state index is 10.9. The number of aliphatic hydroxyl groups excluding tert-OH is 6. The lowest BCUT2D eigenvalue weighted by Gasteiger charge is -2.49. The molecule has 0 radical (unpaired) electrons. The summed E-state index contributed by atoms with van der Waals surface area (Å²) >= 11 is 0. The topological polar surface area (TPSA) is 289 Å². The fraction of sp³-hybridized carbons (Fsp3) is 1.00. The van der Waals surface area contributed by atoms with Gasteiger partial charge in [-0.25, -0.2) is 0 Å². The first-order valence-corrected chi connectivity index (χ1v) is 11.1. The SMILES string of the molecule is N[C@H]1[C@H](OC2[C@@H](CO)O[C@@H](O)[C@H](N)[C@H]2O)O[C@H](CO)C(O[C@H]2O[C@@]3(CO)N4[C@]3(O)[C@]4(O)[C@H]2N)[C@@H]1O. The van der Waals surface area contributed by atoms with Crippen molar-refractivity contribution in [1.29, 1.82) is 0 Å². The number of fused-ring (bicyclic) bond motifs is 2. The van der Waals surface area contributed by atoms with Crippen LogP contribution in [0.5, 0.6) is 0 Å². The Morgan fingerprint density at radius 3 is 1.86 bits per heavy atom. The third-order valence-corrected chi connectivity index (χ3v) is 7.67. The number of aliphatic hydroxyl groups is 8. The van der Waals surface area contributed by atoms with Crippen molar-refractivity contribution in [3.05, 3.63) is 0 Å². The lowest BCUT2D eigenvalue weighted by atomic mass is 9.92. The molecule has 17 heteroatoms. The van der Waals surface area contributed by atoms with Crippen LogP contribution in [0.4, 0.5) is 0 Å². The Morgan fingerprint density at radius 1 is 0.800 bits per heavy atom. The minimum atomic E-state index is -1.90. The molecule has 0 saturated carbocycles. The standard InChI is InChI=1S/C18H32N4O13/c19-6-8(26)10(4(1-23)31-13(6)28)33-14-7(20)9(27)11(5(2-24)32-14)34-15-12(21)17(29)18(30)16(3-25,35-15)22(17)18/h4-15,23-30H,1-3,19-21H2/t4-,5-,6-,7-,8-,9-,10?,11?,12+,13-,14+,15+,16-,17-,18-,22?/m1/s1. The predicted octanol–water partition coefficient (Wildman–Crippen LogP) is -8.36. The molecule has 14 N–H and O–H groups in total. The summed E-state index contributed by atoms with van der Waals surface area (Å²) in [4.78, 5) is 1.08. The molecule has 0 spiro atoms. The van der Waals surface area contributed by atoms with Crippen molar-refractivity contribution in [3.63, 3.8) is 0 Å². The lowest BCUT2D eigenvalue weighted by Crippen LogP contribution is -2.73. The molecule has 0 aromatic heterocycles. The molecule has 0 aliphatic carbocycles. The molecule has 0 aromatic rings. The minimum Gasteiger partial charge on any atom is -0.394 e. The van der Waals surface area contributed by atoms with Gasteiger partial charge in [0.1, 0.15) is 42.7 Å². The van der Waals surface area contributed by atoms with Crippen LogP contribution in [0.1, 0.15) is 0 Å². The molecule has 16 atom stereocenters. The van der Waals surface area contributed by atoms with E-state index in [0.29, 0.717) is 0 Å². The van der Waals surface area contributed by atoms with E-state index in [-0.39, 0.29) is 0 Å². The molecule has 6 aliphatic rings. The first-order chi connectivity index (χ1) is 16.4. The lowest BCUT2D eigenvalue weighted by molar-refractivity contribution is -0.367. The zero-order valence-corrected chi connectivity index (χ0v) is 18.3. The van der Waals surface area contributed by atoms with Crippen LogP contribution < -0.4 is 17.2 Å². The third-order valence-electron chi connectivity index (χ3n) is 7.67. The van der Waals surface area contributed by atoms with Gasteiger partial charge < -0.3 is 81.7 Å². The van der Waals surface area contributed by atoms with E-state index >= 15 is 0 Å². The Balaban J connectivity index is 1.28. The normalized spacial score (nSPS) is 61.3. The maximum Gasteiger partial charge on any atom is 0.215 e. The highest BCUT2D eigenvalue weighted by molar-refractivity contribution is 5.47. The molecule has 0 amide bonds. The average Bonchev–Trinajstić information content (AvgIpc) is 3.62. The highest BCUT2D eigenvalue weighted by Gasteiger charge is 3.09. The molecule has 6 saturated heterocycles. The Bertz CT molecular complexity index is 819. The zero-order valence-electron chi connectivity index (χ0n) is 18.3. The molecular weight excluding hydrogens is 480 g/mol. The van der Waals surface area contributed by atoms with Crippen LogP contribution in [0.25, 0.3) is 0 Å². The molecule has 6 aliphatic heterocycles. The molecule has 17 nitrogen and oxygen atoms in total. The Kier molecular flexibility index (Phi) is 6.24. The summed E-state index contributed by atoms with van der Waals surface area (Å²) in [5.41, 5.74) is 12.4. The van der Waals surface area contributed by atoms with Gasteiger partial charge >= 0.3 is 0 Å². The van der Waals surface area contributed by atoms with Gasteiger partial charge in [-0.2, -0.15) is 4.90 Å². The number of ether oxygens (including phenoxy) is 5. The van der Waals surface area contributed by atoms with E-state index < -0.39 is 111 Å². The molecule has 3 unspecified atom stereocenters. The Morgan fingerprint density at radius 2 is 1.31 bits per heavy atom. The second-order valence-electron chi connectivity index (χ2n) is 9.50. The van der Waals surface area contributed by atoms with Crippen molar-refractivity contribution >= 4 is 0 Å². The third kappa shape index (κ3) is 3.18. The molecule has 6 fully saturated rings. The molecule has 6 heterocycles. The second-order valence-corrected chi connectivity index (χ2v) is 9.50. The Labute approximate surface area is 198 Å². The number of rotatable bonds is 7. The summed E-state index contributed by atoms with van der Waals surface area (Å²) in [7, 11) is 0. The van der Waals surface area contributed by atoms with Gasteiger partial charge in [0, 0.05) is 0 Å². The fourth-order valence-corrected chi connectivity index (χ4v) is 5.50. The zero-order chi connectivity index (χ0) is 25.7. The first kappa shape index (κ1) is 25.9. The molecule has 0 aromatic carbocycles. The summed E-state index contributed by atoms with van der Waals surface area (Å²) in [6.07, 6.45) is -12.6. The Hall–Kier alpha value is -0.680. The summed E-state index contributed by atoms with van der Waals surface area (Å²) in [5, 5.41) is 81.1. The smallest absolute Gasteiger partial charge is 0.215 e. The summed E-state index contributed by atoms with van der Waals surface area (Å²) in [5.74, 6) is 0. The largest absolute Gasteiger partial charge is 0.394 e. The number of hydrogen-bond acceptors (Lipinski definition) is 17. The van der Waals surface area contributed by atoms with E-state index in [1.54, 1.807) is 0 Å². The second kappa shape index (κ2) is 8.41. The van der Waals surface area contributed by atoms with Crippen molar-refractivity contribution in [1.82, 2.24) is 4.90 Å². The summed E-state index contributed by atoms with van der Waals surface area (Å²) < 4.78 is 27.8. The maximum absolute atomic E-state index is 10.9. The van der Waals surface area contributed by atoms with Gasteiger partial charge in [0.05, 0.1) is 31.9 Å². The van der Waals surface area contributed by atoms with Crippen LogP contribution in [0.2, 0.25) is 0 Å². The van der Waals surface area contributed by atoms with E-state index in [1.807, 2.05) is 0 Å². The van der Waals surface area contributed by atoms with Crippen LogP contribution in [0.3, 0.4) is 0 Å². The number of nitrogens with zero attached hydrogens (tertiary/aromatic N) is 1. The molecule has 35 heavy (non-hydrogen) atoms. The monoisotopic (exact) mass is 512 g/mol. The van der Waals surface area contributed by atoms with E-state index in [2.05, 4.69) is 0 Å². The van der Waals surface area contributed by atoms with E-state index in [0.717, 1.165) is 4.90 Å². The van der Waals surface area contributed by atoms with Gasteiger partial charge in [-0.3, -0.25) is 0 Å². The highest BCUT2D eigenvalue weighted by Crippen LogP contribution is 2.79. The van der Waals surface area contributed by atoms with Crippen LogP contribution in [-0.4, -0.2) is 156 Å². The van der Waals surface area contributed by atoms with Crippen molar-refractivity contribution < 1.29 is 64.5 Å². The van der Waals surface area contributed by atoms with Crippen molar-refractivity contribution in [2.75, 3.05) is 19.8 Å². The van der Waals surface area contributed by atoms with Crippen LogP contribution >= 0.6 is 0 Å². The minimum absolute atomic E-state index is 0.652. The van der Waals surface area contributed by atoms with Gasteiger partial charge in [0.2, 0.25) is 5.72 Å². The van der Waals surface area contributed by atoms with E-state index in [4.69, 9.17) is 40.9 Å². The van der Waals surface area contributed by atoms with Crippen LogP contribution in [0, 0.1) is 0 Å². The first-order valence-electron chi connectivity index (χ1n) is 11.1. The van der Waals surface area contributed by atoms with E-state index in [9.17, 15) is 40.9 Å². The molecule has 2 bridgehead atoms. The van der Waals surface area contributed by atoms with Gasteiger partial charge in [-0.15, -0.1) is 0 Å². The van der Waals surface area contributed by atoms with Crippen molar-refractivity contribution in [3.8, 4) is 0 Å². The van der Waals surface area contributed by atoms with Crippen LogP contribution in [0.15, 0.2) is 0 Å². The van der Waals surface area contributed by atoms with E-state index in [1.165, 1.54) is 0 Å². The molecule has 202 valence electrons.